The van der Waals surface area contributed by atoms with Crippen molar-refractivity contribution >= 4 is 11.8 Å². The van der Waals surface area contributed by atoms with Crippen LogP contribution in [0.2, 0.25) is 0 Å². The van der Waals surface area contributed by atoms with Gasteiger partial charge >= 0.3 is 5.97 Å². The molecule has 0 bridgehead atoms. The second-order valence-electron chi connectivity index (χ2n) is 2.06. The van der Waals surface area contributed by atoms with Crippen LogP contribution in [0.3, 0.4) is 0 Å². The summed E-state index contributed by atoms with van der Waals surface area (Å²) in [5.41, 5.74) is 0.411. The maximum Gasteiger partial charge on any atom is 0.307 e. The summed E-state index contributed by atoms with van der Waals surface area (Å²) >= 11 is 0. The predicted molar refractivity (Wildman–Crippen MR) is 40.7 cm³/mol. The summed E-state index contributed by atoms with van der Waals surface area (Å²) in [7, 11) is 0. The Morgan fingerprint density at radius 1 is 1.36 bits per heavy atom. The Morgan fingerprint density at radius 2 is 1.91 bits per heavy atom. The lowest BCUT2D eigenvalue weighted by Gasteiger charge is -1.90. The van der Waals surface area contributed by atoms with Gasteiger partial charge in [-0.05, 0) is 12.5 Å². The van der Waals surface area contributed by atoms with Crippen molar-refractivity contribution in [3.05, 3.63) is 24.5 Å². The smallest absolute Gasteiger partial charge is 0.307 e. The van der Waals surface area contributed by atoms with Gasteiger partial charge in [-0.3, -0.25) is 9.59 Å². The number of hydrogen-bond donors (Lipinski definition) is 0. The highest BCUT2D eigenvalue weighted by Crippen LogP contribution is 1.91. The number of hydrogen-bond acceptors (Lipinski definition) is 3. The molecule has 0 fully saturated rings. The summed E-state index contributed by atoms with van der Waals surface area (Å²) in [4.78, 5) is 20.9. The molecule has 0 saturated heterocycles. The minimum atomic E-state index is -0.448. The summed E-state index contributed by atoms with van der Waals surface area (Å²) in [6.07, 6.45) is 2.21. The Hall–Kier alpha value is -1.38. The third-order valence-electron chi connectivity index (χ3n) is 0.874. The fourth-order valence-corrected chi connectivity index (χ4v) is 0.334. The highest BCUT2D eigenvalue weighted by atomic mass is 16.5. The van der Waals surface area contributed by atoms with Gasteiger partial charge in [-0.25, -0.2) is 0 Å². The van der Waals surface area contributed by atoms with Gasteiger partial charge in [0.25, 0.3) is 0 Å². The Labute approximate surface area is 65.4 Å². The lowest BCUT2D eigenvalue weighted by molar-refractivity contribution is -0.135. The number of carbonyl (C=O) groups excluding carboxylic acids is 2. The van der Waals surface area contributed by atoms with Crippen molar-refractivity contribution in [2.45, 2.75) is 13.8 Å². The highest BCUT2D eigenvalue weighted by Gasteiger charge is 1.95. The average Bonchev–Trinajstić information content (AvgIpc) is 1.86. The molecule has 0 spiro atoms. The quantitative estimate of drug-likeness (QED) is 0.348. The van der Waals surface area contributed by atoms with Crippen molar-refractivity contribution < 1.29 is 14.3 Å². The third kappa shape index (κ3) is 5.08. The molecule has 0 atom stereocenters. The zero-order chi connectivity index (χ0) is 8.85. The maximum absolute atomic E-state index is 10.7. The normalized spacial score (nSPS) is 9.64. The lowest BCUT2D eigenvalue weighted by Crippen LogP contribution is -1.95. The fourth-order valence-electron chi connectivity index (χ4n) is 0.334. The number of esters is 1. The van der Waals surface area contributed by atoms with Crippen LogP contribution in [0.25, 0.3) is 0 Å². The topological polar surface area (TPSA) is 43.4 Å². The van der Waals surface area contributed by atoms with Gasteiger partial charge in [0.15, 0.2) is 5.78 Å². The molecule has 0 N–H and O–H groups in total. The molecule has 0 aliphatic rings. The first-order valence-corrected chi connectivity index (χ1v) is 3.07. The number of ketones is 1. The second-order valence-corrected chi connectivity index (χ2v) is 2.06. The molecular weight excluding hydrogens is 144 g/mol. The molecule has 0 aromatic heterocycles. The van der Waals surface area contributed by atoms with Crippen LogP contribution in [0.1, 0.15) is 13.8 Å². The van der Waals surface area contributed by atoms with E-state index in [1.807, 2.05) is 0 Å². The molecule has 0 heterocycles. The predicted octanol–water partition coefficient (Wildman–Crippen LogP) is 1.21. The molecule has 0 aromatic carbocycles. The van der Waals surface area contributed by atoms with Crippen LogP contribution >= 0.6 is 0 Å². The van der Waals surface area contributed by atoms with Crippen molar-refractivity contribution in [2.75, 3.05) is 0 Å². The summed E-state index contributed by atoms with van der Waals surface area (Å²) < 4.78 is 4.38. The molecule has 0 aromatic rings. The van der Waals surface area contributed by atoms with E-state index in [0.29, 0.717) is 5.57 Å². The Bertz CT molecular complexity index is 213. The second kappa shape index (κ2) is 4.44. The molecule has 0 rings (SSSR count). The van der Waals surface area contributed by atoms with E-state index in [-0.39, 0.29) is 5.78 Å². The van der Waals surface area contributed by atoms with E-state index >= 15 is 0 Å². The SMILES string of the molecule is C=C(C)C(=O)C=COC(C)=O. The molecule has 0 aliphatic heterocycles. The van der Waals surface area contributed by atoms with Gasteiger partial charge < -0.3 is 4.74 Å². The first kappa shape index (κ1) is 9.62. The number of carbonyl (C=O) groups is 2. The molecular formula is C8H10O3. The molecule has 3 nitrogen and oxygen atoms in total. The zero-order valence-electron chi connectivity index (χ0n) is 6.59. The Morgan fingerprint density at radius 3 is 2.27 bits per heavy atom. The Kier molecular flexibility index (Phi) is 3.88. The first-order valence-electron chi connectivity index (χ1n) is 3.07. The van der Waals surface area contributed by atoms with Gasteiger partial charge in [-0.1, -0.05) is 6.58 Å². The van der Waals surface area contributed by atoms with Crippen LogP contribution < -0.4 is 0 Å². The third-order valence-corrected chi connectivity index (χ3v) is 0.874. The van der Waals surface area contributed by atoms with Crippen LogP contribution in [-0.2, 0) is 14.3 Å². The van der Waals surface area contributed by atoms with E-state index in [1.54, 1.807) is 6.92 Å². The molecule has 3 heteroatoms. The van der Waals surface area contributed by atoms with Crippen LogP contribution in [-0.4, -0.2) is 11.8 Å². The van der Waals surface area contributed by atoms with Crippen molar-refractivity contribution in [1.82, 2.24) is 0 Å². The first-order chi connectivity index (χ1) is 5.04. The molecule has 60 valence electrons. The molecule has 0 radical (unpaired) electrons. The van der Waals surface area contributed by atoms with Gasteiger partial charge in [-0.2, -0.15) is 0 Å². The average molecular weight is 154 g/mol. The summed E-state index contributed by atoms with van der Waals surface area (Å²) in [6, 6.07) is 0. The molecule has 0 amide bonds. The van der Waals surface area contributed by atoms with E-state index in [9.17, 15) is 9.59 Å². The van der Waals surface area contributed by atoms with Crippen molar-refractivity contribution in [2.24, 2.45) is 0 Å². The molecule has 0 saturated carbocycles. The number of rotatable bonds is 3. The van der Waals surface area contributed by atoms with Gasteiger partial charge in [0.1, 0.15) is 0 Å². The van der Waals surface area contributed by atoms with Crippen molar-refractivity contribution in [3.8, 4) is 0 Å². The molecule has 0 aliphatic carbocycles. The van der Waals surface area contributed by atoms with Gasteiger partial charge in [0, 0.05) is 13.0 Å². The summed E-state index contributed by atoms with van der Waals surface area (Å²) in [5.74, 6) is -0.693. The standard InChI is InChI=1S/C8H10O3/c1-6(2)8(10)4-5-11-7(3)9/h4-5H,1H2,2-3H3. The van der Waals surface area contributed by atoms with Crippen molar-refractivity contribution in [3.63, 3.8) is 0 Å². The van der Waals surface area contributed by atoms with Gasteiger partial charge in [0.2, 0.25) is 0 Å². The Balaban J connectivity index is 3.84. The van der Waals surface area contributed by atoms with Crippen LogP contribution in [0.4, 0.5) is 0 Å². The van der Waals surface area contributed by atoms with Crippen LogP contribution in [0.5, 0.6) is 0 Å². The maximum atomic E-state index is 10.7. The van der Waals surface area contributed by atoms with Crippen LogP contribution in [0.15, 0.2) is 24.5 Å². The summed E-state index contributed by atoms with van der Waals surface area (Å²) in [6.45, 7) is 6.25. The number of allylic oxidation sites excluding steroid dienone is 2. The largest absolute Gasteiger partial charge is 0.435 e. The molecule has 0 unspecified atom stereocenters. The zero-order valence-corrected chi connectivity index (χ0v) is 6.59. The van der Waals surface area contributed by atoms with E-state index < -0.39 is 5.97 Å². The fraction of sp³-hybridized carbons (Fsp3) is 0.250. The monoisotopic (exact) mass is 154 g/mol. The minimum Gasteiger partial charge on any atom is -0.435 e. The van der Waals surface area contributed by atoms with Gasteiger partial charge in [0.05, 0.1) is 6.26 Å². The minimum absolute atomic E-state index is 0.244. The summed E-state index contributed by atoms with van der Waals surface area (Å²) in [5, 5.41) is 0. The van der Waals surface area contributed by atoms with E-state index in [4.69, 9.17) is 0 Å². The highest BCUT2D eigenvalue weighted by molar-refractivity contribution is 6.02. The van der Waals surface area contributed by atoms with E-state index in [1.165, 1.54) is 6.92 Å². The van der Waals surface area contributed by atoms with Crippen molar-refractivity contribution in [1.29, 1.82) is 0 Å². The lowest BCUT2D eigenvalue weighted by atomic mass is 10.2. The van der Waals surface area contributed by atoms with E-state index in [0.717, 1.165) is 12.3 Å². The van der Waals surface area contributed by atoms with E-state index in [2.05, 4.69) is 11.3 Å². The van der Waals surface area contributed by atoms with Gasteiger partial charge in [-0.15, -0.1) is 0 Å². The number of ether oxygens (including phenoxy) is 1. The molecule has 11 heavy (non-hydrogen) atoms. The van der Waals surface area contributed by atoms with Crippen LogP contribution in [0, 0.1) is 0 Å².